The van der Waals surface area contributed by atoms with E-state index in [9.17, 15) is 13.6 Å². The van der Waals surface area contributed by atoms with Gasteiger partial charge in [0.25, 0.3) is 5.91 Å². The summed E-state index contributed by atoms with van der Waals surface area (Å²) in [4.78, 5) is 11.9. The summed E-state index contributed by atoms with van der Waals surface area (Å²) in [7, 11) is 0. The van der Waals surface area contributed by atoms with E-state index >= 15 is 0 Å². The lowest BCUT2D eigenvalue weighted by molar-refractivity contribution is 0.101. The standard InChI is InChI=1S/C14H9Br2F2NO/c1-7-2-3-9(6-10(7)16)19-14(20)13-11(17)4-8(15)5-12(13)18/h2-6H,1H3,(H,19,20). The van der Waals surface area contributed by atoms with E-state index in [1.165, 1.54) is 0 Å². The molecular weight excluding hydrogens is 396 g/mol. The fourth-order valence-corrected chi connectivity index (χ4v) is 2.40. The fourth-order valence-electron chi connectivity index (χ4n) is 1.62. The van der Waals surface area contributed by atoms with E-state index in [4.69, 9.17) is 0 Å². The highest BCUT2D eigenvalue weighted by molar-refractivity contribution is 9.10. The number of carbonyl (C=O) groups excluding carboxylic acids is 1. The van der Waals surface area contributed by atoms with Crippen molar-refractivity contribution in [3.05, 3.63) is 62.0 Å². The summed E-state index contributed by atoms with van der Waals surface area (Å²) in [6, 6.07) is 7.20. The average Bonchev–Trinajstić information content (AvgIpc) is 2.32. The first-order chi connectivity index (χ1) is 9.38. The highest BCUT2D eigenvalue weighted by Crippen LogP contribution is 2.23. The predicted molar refractivity (Wildman–Crippen MR) is 80.9 cm³/mol. The van der Waals surface area contributed by atoms with Crippen molar-refractivity contribution in [2.45, 2.75) is 6.92 Å². The van der Waals surface area contributed by atoms with Gasteiger partial charge >= 0.3 is 0 Å². The Hall–Kier alpha value is -1.27. The third-order valence-corrected chi connectivity index (χ3v) is 3.98. The van der Waals surface area contributed by atoms with E-state index in [0.717, 1.165) is 22.2 Å². The van der Waals surface area contributed by atoms with Crippen LogP contribution in [0.3, 0.4) is 0 Å². The zero-order valence-electron chi connectivity index (χ0n) is 10.3. The van der Waals surface area contributed by atoms with Gasteiger partial charge in [-0.25, -0.2) is 8.78 Å². The molecule has 0 spiro atoms. The van der Waals surface area contributed by atoms with Gasteiger partial charge in [0.05, 0.1) is 0 Å². The SMILES string of the molecule is Cc1ccc(NC(=O)c2c(F)cc(Br)cc2F)cc1Br. The summed E-state index contributed by atoms with van der Waals surface area (Å²) in [5.41, 5.74) is 0.836. The van der Waals surface area contributed by atoms with Crippen LogP contribution in [0.5, 0.6) is 0 Å². The van der Waals surface area contributed by atoms with Crippen LogP contribution in [0.25, 0.3) is 0 Å². The van der Waals surface area contributed by atoms with E-state index in [-0.39, 0.29) is 4.47 Å². The van der Waals surface area contributed by atoms with Crippen molar-refractivity contribution in [2.24, 2.45) is 0 Å². The maximum atomic E-state index is 13.7. The van der Waals surface area contributed by atoms with Gasteiger partial charge in [0.15, 0.2) is 0 Å². The van der Waals surface area contributed by atoms with Crippen molar-refractivity contribution in [2.75, 3.05) is 5.32 Å². The van der Waals surface area contributed by atoms with Gasteiger partial charge in [0.2, 0.25) is 0 Å². The van der Waals surface area contributed by atoms with E-state index in [0.29, 0.717) is 5.69 Å². The van der Waals surface area contributed by atoms with E-state index in [1.807, 2.05) is 6.92 Å². The van der Waals surface area contributed by atoms with Gasteiger partial charge in [-0.15, -0.1) is 0 Å². The molecule has 0 radical (unpaired) electrons. The van der Waals surface area contributed by atoms with Crippen LogP contribution < -0.4 is 5.32 Å². The lowest BCUT2D eigenvalue weighted by Crippen LogP contribution is -2.16. The molecule has 0 heterocycles. The van der Waals surface area contributed by atoms with Gasteiger partial charge in [0.1, 0.15) is 17.2 Å². The normalized spacial score (nSPS) is 10.4. The quantitative estimate of drug-likeness (QED) is 0.745. The third-order valence-electron chi connectivity index (χ3n) is 2.66. The van der Waals surface area contributed by atoms with E-state index < -0.39 is 23.1 Å². The van der Waals surface area contributed by atoms with Crippen LogP contribution in [-0.2, 0) is 0 Å². The van der Waals surface area contributed by atoms with Gasteiger partial charge in [0, 0.05) is 14.6 Å². The first-order valence-electron chi connectivity index (χ1n) is 5.60. The second kappa shape index (κ2) is 6.01. The number of benzene rings is 2. The number of amides is 1. The molecule has 2 rings (SSSR count). The molecule has 0 aromatic heterocycles. The maximum absolute atomic E-state index is 13.7. The first-order valence-corrected chi connectivity index (χ1v) is 7.19. The highest BCUT2D eigenvalue weighted by atomic mass is 79.9. The highest BCUT2D eigenvalue weighted by Gasteiger charge is 2.18. The lowest BCUT2D eigenvalue weighted by Gasteiger charge is -2.09. The summed E-state index contributed by atoms with van der Waals surface area (Å²) in [5, 5.41) is 2.46. The fraction of sp³-hybridized carbons (Fsp3) is 0.0714. The molecule has 2 nitrogen and oxygen atoms in total. The molecule has 0 saturated heterocycles. The van der Waals surface area contributed by atoms with Crippen LogP contribution in [0.4, 0.5) is 14.5 Å². The van der Waals surface area contributed by atoms with Crippen molar-refractivity contribution >= 4 is 43.5 Å². The van der Waals surface area contributed by atoms with Crippen LogP contribution in [0.15, 0.2) is 39.3 Å². The van der Waals surface area contributed by atoms with Gasteiger partial charge in [-0.05, 0) is 36.8 Å². The van der Waals surface area contributed by atoms with Crippen molar-refractivity contribution in [1.29, 1.82) is 0 Å². The van der Waals surface area contributed by atoms with Gasteiger partial charge in [-0.1, -0.05) is 37.9 Å². The Morgan fingerprint density at radius 3 is 2.25 bits per heavy atom. The molecule has 0 atom stereocenters. The summed E-state index contributed by atoms with van der Waals surface area (Å²) in [5.74, 6) is -2.66. The number of hydrogen-bond acceptors (Lipinski definition) is 1. The molecule has 0 saturated carbocycles. The van der Waals surface area contributed by atoms with Gasteiger partial charge in [-0.3, -0.25) is 4.79 Å². The van der Waals surface area contributed by atoms with Crippen molar-refractivity contribution in [1.82, 2.24) is 0 Å². The van der Waals surface area contributed by atoms with Crippen LogP contribution in [0, 0.1) is 18.6 Å². The molecular formula is C14H9Br2F2NO. The predicted octanol–water partition coefficient (Wildman–Crippen LogP) is 5.05. The molecule has 2 aromatic carbocycles. The minimum Gasteiger partial charge on any atom is -0.322 e. The first kappa shape index (κ1) is 15.1. The van der Waals surface area contributed by atoms with Crippen molar-refractivity contribution in [3.63, 3.8) is 0 Å². The Morgan fingerprint density at radius 1 is 1.10 bits per heavy atom. The largest absolute Gasteiger partial charge is 0.322 e. The Kier molecular flexibility index (Phi) is 4.55. The number of nitrogens with one attached hydrogen (secondary N) is 1. The molecule has 0 aliphatic carbocycles. The second-order valence-electron chi connectivity index (χ2n) is 4.16. The zero-order valence-corrected chi connectivity index (χ0v) is 13.5. The lowest BCUT2D eigenvalue weighted by atomic mass is 10.1. The number of anilines is 1. The van der Waals surface area contributed by atoms with E-state index in [1.54, 1.807) is 18.2 Å². The van der Waals surface area contributed by atoms with Crippen LogP contribution in [0.1, 0.15) is 15.9 Å². The van der Waals surface area contributed by atoms with Crippen molar-refractivity contribution < 1.29 is 13.6 Å². The summed E-state index contributed by atoms with van der Waals surface area (Å²) in [6.45, 7) is 1.89. The Bertz CT molecular complexity index is 666. The molecule has 2 aromatic rings. The van der Waals surface area contributed by atoms with E-state index in [2.05, 4.69) is 37.2 Å². The summed E-state index contributed by atoms with van der Waals surface area (Å²) >= 11 is 6.29. The van der Waals surface area contributed by atoms with Gasteiger partial charge in [-0.2, -0.15) is 0 Å². The Balaban J connectivity index is 2.31. The Labute approximate surface area is 131 Å². The summed E-state index contributed by atoms with van der Waals surface area (Å²) in [6.07, 6.45) is 0. The molecule has 104 valence electrons. The minimum absolute atomic E-state index is 0.238. The Morgan fingerprint density at radius 2 is 1.70 bits per heavy atom. The molecule has 1 N–H and O–H groups in total. The minimum atomic E-state index is -0.916. The molecule has 0 aliphatic rings. The van der Waals surface area contributed by atoms with Crippen molar-refractivity contribution in [3.8, 4) is 0 Å². The second-order valence-corrected chi connectivity index (χ2v) is 5.93. The molecule has 0 fully saturated rings. The molecule has 0 unspecified atom stereocenters. The number of carbonyl (C=O) groups is 1. The average molecular weight is 405 g/mol. The molecule has 0 aliphatic heterocycles. The maximum Gasteiger partial charge on any atom is 0.261 e. The summed E-state index contributed by atoms with van der Waals surface area (Å²) < 4.78 is 28.4. The molecule has 0 bridgehead atoms. The topological polar surface area (TPSA) is 29.1 Å². The molecule has 20 heavy (non-hydrogen) atoms. The van der Waals surface area contributed by atoms with Crippen LogP contribution in [-0.4, -0.2) is 5.91 Å². The molecule has 6 heteroatoms. The number of halogens is 4. The van der Waals surface area contributed by atoms with Crippen LogP contribution >= 0.6 is 31.9 Å². The molecule has 1 amide bonds. The monoisotopic (exact) mass is 403 g/mol. The smallest absolute Gasteiger partial charge is 0.261 e. The number of aryl methyl sites for hydroxylation is 1. The van der Waals surface area contributed by atoms with Gasteiger partial charge < -0.3 is 5.32 Å². The third kappa shape index (κ3) is 3.24. The zero-order chi connectivity index (χ0) is 14.9. The van der Waals surface area contributed by atoms with Crippen LogP contribution in [0.2, 0.25) is 0 Å². The number of rotatable bonds is 2. The number of hydrogen-bond donors (Lipinski definition) is 1.